The number of rotatable bonds is 5. The fraction of sp³-hybridized carbons (Fsp3) is 0.200. The van der Waals surface area contributed by atoms with Crippen molar-refractivity contribution in [2.45, 2.75) is 13.5 Å². The number of ether oxygens (including phenoxy) is 2. The molecule has 0 N–H and O–H groups in total. The number of non-ortho nitro benzene ring substituents is 1. The minimum absolute atomic E-state index is 0.0578. The molecule has 21 heavy (non-hydrogen) atoms. The highest BCUT2D eigenvalue weighted by Gasteiger charge is 2.10. The van der Waals surface area contributed by atoms with E-state index in [1.807, 2.05) is 18.2 Å². The van der Waals surface area contributed by atoms with Crippen molar-refractivity contribution >= 4 is 21.6 Å². The highest BCUT2D eigenvalue weighted by atomic mass is 79.9. The number of aryl methyl sites for hydroxylation is 1. The molecule has 0 aliphatic carbocycles. The molecular weight excluding hydrogens is 338 g/mol. The van der Waals surface area contributed by atoms with Crippen molar-refractivity contribution < 1.29 is 14.4 Å². The Balaban J connectivity index is 2.15. The summed E-state index contributed by atoms with van der Waals surface area (Å²) in [5.74, 6) is 1.37. The lowest BCUT2D eigenvalue weighted by Gasteiger charge is -2.11. The highest BCUT2D eigenvalue weighted by molar-refractivity contribution is 9.10. The second-order valence-electron chi connectivity index (χ2n) is 4.45. The summed E-state index contributed by atoms with van der Waals surface area (Å²) in [6.45, 7) is 2.12. The smallest absolute Gasteiger partial charge is 0.269 e. The normalized spacial score (nSPS) is 10.2. The third-order valence-corrected chi connectivity index (χ3v) is 3.78. The molecule has 0 heterocycles. The van der Waals surface area contributed by atoms with Crippen molar-refractivity contribution in [3.8, 4) is 11.5 Å². The summed E-state index contributed by atoms with van der Waals surface area (Å²) in [6, 6.07) is 10.2. The Morgan fingerprint density at radius 3 is 2.62 bits per heavy atom. The topological polar surface area (TPSA) is 61.6 Å². The van der Waals surface area contributed by atoms with Gasteiger partial charge < -0.3 is 9.47 Å². The van der Waals surface area contributed by atoms with Gasteiger partial charge in [-0.1, -0.05) is 15.9 Å². The van der Waals surface area contributed by atoms with Gasteiger partial charge in [-0.3, -0.25) is 10.1 Å². The van der Waals surface area contributed by atoms with Gasteiger partial charge >= 0.3 is 0 Å². The summed E-state index contributed by atoms with van der Waals surface area (Å²) in [7, 11) is 1.61. The van der Waals surface area contributed by atoms with Crippen LogP contribution in [0.5, 0.6) is 11.5 Å². The molecule has 0 saturated carbocycles. The largest absolute Gasteiger partial charge is 0.497 e. The maximum atomic E-state index is 10.7. The molecule has 0 atom stereocenters. The van der Waals surface area contributed by atoms with Crippen molar-refractivity contribution in [2.75, 3.05) is 7.11 Å². The maximum absolute atomic E-state index is 10.7. The van der Waals surface area contributed by atoms with Gasteiger partial charge in [0, 0.05) is 22.2 Å². The summed E-state index contributed by atoms with van der Waals surface area (Å²) >= 11 is 3.46. The summed E-state index contributed by atoms with van der Waals surface area (Å²) in [6.07, 6.45) is 0. The van der Waals surface area contributed by atoms with Gasteiger partial charge in [0.05, 0.1) is 12.0 Å². The quantitative estimate of drug-likeness (QED) is 0.596. The van der Waals surface area contributed by atoms with Gasteiger partial charge in [0.2, 0.25) is 0 Å². The van der Waals surface area contributed by atoms with E-state index < -0.39 is 4.92 Å². The first-order valence-electron chi connectivity index (χ1n) is 6.21. The number of hydrogen-bond acceptors (Lipinski definition) is 4. The van der Waals surface area contributed by atoms with Crippen LogP contribution >= 0.6 is 15.9 Å². The molecule has 2 aromatic carbocycles. The van der Waals surface area contributed by atoms with Crippen LogP contribution in [0.15, 0.2) is 40.9 Å². The van der Waals surface area contributed by atoms with Gasteiger partial charge in [-0.05, 0) is 36.8 Å². The number of nitrogens with zero attached hydrogens (tertiary/aromatic N) is 1. The van der Waals surface area contributed by atoms with Gasteiger partial charge in [-0.2, -0.15) is 0 Å². The molecule has 0 saturated heterocycles. The van der Waals surface area contributed by atoms with Crippen LogP contribution < -0.4 is 9.47 Å². The minimum atomic E-state index is -0.421. The molecule has 0 amide bonds. The molecule has 0 fully saturated rings. The lowest BCUT2D eigenvalue weighted by atomic mass is 10.2. The van der Waals surface area contributed by atoms with Crippen molar-refractivity contribution in [1.82, 2.24) is 0 Å². The van der Waals surface area contributed by atoms with Crippen LogP contribution in [0.2, 0.25) is 0 Å². The average molecular weight is 352 g/mol. The molecule has 0 spiro atoms. The second-order valence-corrected chi connectivity index (χ2v) is 5.31. The Morgan fingerprint density at radius 2 is 2.00 bits per heavy atom. The van der Waals surface area contributed by atoms with E-state index in [9.17, 15) is 10.1 Å². The fourth-order valence-electron chi connectivity index (χ4n) is 1.85. The van der Waals surface area contributed by atoms with E-state index in [1.54, 1.807) is 20.1 Å². The van der Waals surface area contributed by atoms with Crippen LogP contribution in [-0.2, 0) is 6.61 Å². The molecule has 0 aliphatic rings. The van der Waals surface area contributed by atoms with E-state index in [4.69, 9.17) is 9.47 Å². The number of nitro benzene ring substituents is 1. The molecule has 0 aliphatic heterocycles. The standard InChI is InChI=1S/C15H14BrNO4/c1-10-7-12(17(18)19)3-6-15(10)21-9-11-8-13(20-2)4-5-14(11)16/h3-8H,9H2,1-2H3. The zero-order valence-corrected chi connectivity index (χ0v) is 13.2. The Kier molecular flexibility index (Phi) is 4.80. The average Bonchev–Trinajstić information content (AvgIpc) is 2.47. The lowest BCUT2D eigenvalue weighted by Crippen LogP contribution is -1.99. The summed E-state index contributed by atoms with van der Waals surface area (Å²) < 4.78 is 11.8. The molecule has 6 heteroatoms. The first kappa shape index (κ1) is 15.3. The lowest BCUT2D eigenvalue weighted by molar-refractivity contribution is -0.384. The number of nitro groups is 1. The molecular formula is C15H14BrNO4. The molecule has 0 aromatic heterocycles. The highest BCUT2D eigenvalue weighted by Crippen LogP contribution is 2.27. The van der Waals surface area contributed by atoms with E-state index in [1.165, 1.54) is 12.1 Å². The molecule has 5 nitrogen and oxygen atoms in total. The van der Waals surface area contributed by atoms with Gasteiger partial charge in [-0.15, -0.1) is 0 Å². The number of halogens is 1. The summed E-state index contributed by atoms with van der Waals surface area (Å²) in [5.41, 5.74) is 1.72. The summed E-state index contributed by atoms with van der Waals surface area (Å²) in [4.78, 5) is 10.3. The third kappa shape index (κ3) is 3.72. The Morgan fingerprint density at radius 1 is 1.24 bits per heavy atom. The predicted molar refractivity (Wildman–Crippen MR) is 82.9 cm³/mol. The minimum Gasteiger partial charge on any atom is -0.497 e. The number of hydrogen-bond donors (Lipinski definition) is 0. The molecule has 0 unspecified atom stereocenters. The van der Waals surface area contributed by atoms with E-state index in [0.29, 0.717) is 12.4 Å². The van der Waals surface area contributed by atoms with Gasteiger partial charge in [0.15, 0.2) is 0 Å². The zero-order valence-electron chi connectivity index (χ0n) is 11.6. The SMILES string of the molecule is COc1ccc(Br)c(COc2ccc([N+](=O)[O-])cc2C)c1. The number of benzene rings is 2. The summed E-state index contributed by atoms with van der Waals surface area (Å²) in [5, 5.41) is 10.7. The molecule has 2 aromatic rings. The molecule has 0 radical (unpaired) electrons. The van der Waals surface area contributed by atoms with E-state index in [-0.39, 0.29) is 5.69 Å². The van der Waals surface area contributed by atoms with Crippen molar-refractivity contribution in [1.29, 1.82) is 0 Å². The Hall–Kier alpha value is -2.08. The predicted octanol–water partition coefficient (Wildman–Crippen LogP) is 4.25. The van der Waals surface area contributed by atoms with Gasteiger partial charge in [-0.25, -0.2) is 0 Å². The van der Waals surface area contributed by atoms with Crippen molar-refractivity contribution in [3.05, 3.63) is 62.1 Å². The first-order valence-corrected chi connectivity index (χ1v) is 7.01. The fourth-order valence-corrected chi connectivity index (χ4v) is 2.21. The van der Waals surface area contributed by atoms with Crippen molar-refractivity contribution in [3.63, 3.8) is 0 Å². The molecule has 110 valence electrons. The van der Waals surface area contributed by atoms with Crippen LogP contribution in [0.25, 0.3) is 0 Å². The zero-order chi connectivity index (χ0) is 15.4. The Bertz CT molecular complexity index is 673. The number of methoxy groups -OCH3 is 1. The van der Waals surface area contributed by atoms with Crippen molar-refractivity contribution in [2.24, 2.45) is 0 Å². The van der Waals surface area contributed by atoms with E-state index >= 15 is 0 Å². The first-order chi connectivity index (χ1) is 10.0. The van der Waals surface area contributed by atoms with Crippen LogP contribution in [0.4, 0.5) is 5.69 Å². The van der Waals surface area contributed by atoms with Crippen LogP contribution in [0.3, 0.4) is 0 Å². The van der Waals surface area contributed by atoms with Crippen LogP contribution in [0, 0.1) is 17.0 Å². The van der Waals surface area contributed by atoms with Gasteiger partial charge in [0.1, 0.15) is 18.1 Å². The van der Waals surface area contributed by atoms with E-state index in [2.05, 4.69) is 15.9 Å². The Labute approximate surface area is 130 Å². The van der Waals surface area contributed by atoms with Crippen LogP contribution in [0.1, 0.15) is 11.1 Å². The van der Waals surface area contributed by atoms with E-state index in [0.717, 1.165) is 21.3 Å². The van der Waals surface area contributed by atoms with Gasteiger partial charge in [0.25, 0.3) is 5.69 Å². The van der Waals surface area contributed by atoms with Crippen LogP contribution in [-0.4, -0.2) is 12.0 Å². The maximum Gasteiger partial charge on any atom is 0.269 e. The molecule has 2 rings (SSSR count). The monoisotopic (exact) mass is 351 g/mol. The molecule has 0 bridgehead atoms. The second kappa shape index (κ2) is 6.58. The third-order valence-electron chi connectivity index (χ3n) is 3.01.